The maximum absolute atomic E-state index is 10.5. The summed E-state index contributed by atoms with van der Waals surface area (Å²) in [6.07, 6.45) is 5.75. The van der Waals surface area contributed by atoms with Crippen molar-refractivity contribution in [3.05, 3.63) is 47.5 Å². The summed E-state index contributed by atoms with van der Waals surface area (Å²) in [4.78, 5) is 20.6. The number of carbonyl (C=O) groups is 2. The Morgan fingerprint density at radius 3 is 2.00 bits per heavy atom. The third kappa shape index (κ3) is 7.25. The lowest BCUT2D eigenvalue weighted by Crippen LogP contribution is -1.97. The molecule has 0 saturated heterocycles. The van der Waals surface area contributed by atoms with Crippen molar-refractivity contribution >= 4 is 12.6 Å². The van der Waals surface area contributed by atoms with Gasteiger partial charge in [-0.3, -0.25) is 9.59 Å². The smallest absolute Gasteiger partial charge is 0.153 e. The Morgan fingerprint density at radius 1 is 0.846 bits per heavy atom. The molecule has 140 valence electrons. The van der Waals surface area contributed by atoms with Gasteiger partial charge in [-0.05, 0) is 30.7 Å². The molecule has 0 aliphatic heterocycles. The highest BCUT2D eigenvalue weighted by atomic mass is 16.5. The van der Waals surface area contributed by atoms with E-state index in [0.717, 1.165) is 18.9 Å². The van der Waals surface area contributed by atoms with E-state index in [9.17, 15) is 14.7 Å². The average Bonchev–Trinajstić information content (AvgIpc) is 2.62. The maximum atomic E-state index is 10.5. The minimum Gasteiger partial charge on any atom is -0.508 e. The predicted octanol–water partition coefficient (Wildman–Crippen LogP) is 4.07. The summed E-state index contributed by atoms with van der Waals surface area (Å²) in [5.41, 5.74) is 0.469. The number of ether oxygens (including phenoxy) is 1. The van der Waals surface area contributed by atoms with Gasteiger partial charge < -0.3 is 20.1 Å². The number of unbranched alkanes of at least 4 members (excludes halogenated alkanes) is 3. The number of benzene rings is 2. The van der Waals surface area contributed by atoms with Gasteiger partial charge in [-0.1, -0.05) is 26.2 Å². The van der Waals surface area contributed by atoms with E-state index >= 15 is 0 Å². The summed E-state index contributed by atoms with van der Waals surface area (Å²) in [7, 11) is 0. The first-order chi connectivity index (χ1) is 12.5. The molecule has 0 saturated carbocycles. The second-order valence-corrected chi connectivity index (χ2v) is 5.61. The zero-order chi connectivity index (χ0) is 19.4. The highest BCUT2D eigenvalue weighted by Gasteiger charge is 2.02. The second-order valence-electron chi connectivity index (χ2n) is 5.61. The summed E-state index contributed by atoms with van der Waals surface area (Å²) >= 11 is 0. The summed E-state index contributed by atoms with van der Waals surface area (Å²) in [5.74, 6) is 0.332. The molecule has 26 heavy (non-hydrogen) atoms. The average molecular weight is 360 g/mol. The second kappa shape index (κ2) is 11.5. The van der Waals surface area contributed by atoms with E-state index in [1.54, 1.807) is 12.1 Å². The number of phenolic OH excluding ortho intramolecular Hbond substituents is 3. The molecule has 0 unspecified atom stereocenters. The van der Waals surface area contributed by atoms with Crippen molar-refractivity contribution in [3.8, 4) is 23.0 Å². The molecule has 0 bridgehead atoms. The van der Waals surface area contributed by atoms with Gasteiger partial charge in [-0.25, -0.2) is 0 Å². The van der Waals surface area contributed by atoms with Gasteiger partial charge in [-0.15, -0.1) is 0 Å². The van der Waals surface area contributed by atoms with E-state index in [2.05, 4.69) is 6.92 Å². The van der Waals surface area contributed by atoms with Crippen LogP contribution in [0.4, 0.5) is 0 Å². The van der Waals surface area contributed by atoms with Gasteiger partial charge in [-0.2, -0.15) is 0 Å². The lowest BCUT2D eigenvalue weighted by atomic mass is 10.2. The summed E-state index contributed by atoms with van der Waals surface area (Å²) in [6.45, 7) is 2.82. The van der Waals surface area contributed by atoms with E-state index in [1.807, 2.05) is 0 Å². The van der Waals surface area contributed by atoms with Crippen molar-refractivity contribution in [1.82, 2.24) is 0 Å². The van der Waals surface area contributed by atoms with Gasteiger partial charge in [0.2, 0.25) is 0 Å². The highest BCUT2D eigenvalue weighted by Crippen LogP contribution is 2.22. The van der Waals surface area contributed by atoms with Gasteiger partial charge in [0.15, 0.2) is 12.6 Å². The topological polar surface area (TPSA) is 104 Å². The third-order valence-electron chi connectivity index (χ3n) is 3.54. The van der Waals surface area contributed by atoms with Crippen LogP contribution in [0.15, 0.2) is 36.4 Å². The van der Waals surface area contributed by atoms with Crippen LogP contribution >= 0.6 is 0 Å². The molecule has 0 spiro atoms. The van der Waals surface area contributed by atoms with Crippen LogP contribution in [0.1, 0.15) is 53.3 Å². The van der Waals surface area contributed by atoms with E-state index in [1.165, 1.54) is 31.0 Å². The molecule has 0 amide bonds. The Labute approximate surface area is 152 Å². The molecule has 0 atom stereocenters. The maximum Gasteiger partial charge on any atom is 0.153 e. The van der Waals surface area contributed by atoms with Crippen LogP contribution in [0.3, 0.4) is 0 Å². The first kappa shape index (κ1) is 21.0. The molecule has 0 aliphatic carbocycles. The van der Waals surface area contributed by atoms with Crippen LogP contribution in [0.5, 0.6) is 23.0 Å². The quantitative estimate of drug-likeness (QED) is 0.484. The molecule has 0 heterocycles. The molecule has 0 aromatic heterocycles. The molecule has 3 N–H and O–H groups in total. The Bertz CT molecular complexity index is 711. The molecule has 2 rings (SSSR count). The summed E-state index contributed by atoms with van der Waals surface area (Å²) < 4.78 is 5.46. The molecule has 6 nitrogen and oxygen atoms in total. The van der Waals surface area contributed by atoms with E-state index in [0.29, 0.717) is 30.5 Å². The van der Waals surface area contributed by atoms with E-state index in [-0.39, 0.29) is 22.8 Å². The number of aromatic hydroxyl groups is 3. The number of aldehydes is 2. The number of carbonyl (C=O) groups excluding carboxylic acids is 2. The van der Waals surface area contributed by atoms with Crippen molar-refractivity contribution in [1.29, 1.82) is 0 Å². The normalized spacial score (nSPS) is 9.73. The molecule has 0 aliphatic rings. The SMILES string of the molecule is CCCCCCOc1ccc(C=O)c(O)c1.O=Cc1ccc(O)cc1O. The first-order valence-electron chi connectivity index (χ1n) is 8.40. The lowest BCUT2D eigenvalue weighted by molar-refractivity contribution is 0.111. The molecule has 6 heteroatoms. The predicted molar refractivity (Wildman–Crippen MR) is 98.3 cm³/mol. The summed E-state index contributed by atoms with van der Waals surface area (Å²) in [6, 6.07) is 8.53. The van der Waals surface area contributed by atoms with Crippen LogP contribution in [-0.2, 0) is 0 Å². The third-order valence-corrected chi connectivity index (χ3v) is 3.54. The minimum atomic E-state index is -0.199. The van der Waals surface area contributed by atoms with Crippen LogP contribution in [0.2, 0.25) is 0 Å². The van der Waals surface area contributed by atoms with Crippen LogP contribution < -0.4 is 4.74 Å². The Balaban J connectivity index is 0.000000289. The Kier molecular flexibility index (Phi) is 9.31. The fraction of sp³-hybridized carbons (Fsp3) is 0.300. The van der Waals surface area contributed by atoms with Gasteiger partial charge >= 0.3 is 0 Å². The zero-order valence-electron chi connectivity index (χ0n) is 14.7. The minimum absolute atomic E-state index is 0.0268. The van der Waals surface area contributed by atoms with Gasteiger partial charge in [0.05, 0.1) is 17.7 Å². The molecular formula is C20H24O6. The highest BCUT2D eigenvalue weighted by molar-refractivity contribution is 5.79. The van der Waals surface area contributed by atoms with Gasteiger partial charge in [0, 0.05) is 12.1 Å². The molecule has 0 radical (unpaired) electrons. The van der Waals surface area contributed by atoms with Crippen molar-refractivity contribution in [2.24, 2.45) is 0 Å². The van der Waals surface area contributed by atoms with Crippen LogP contribution in [-0.4, -0.2) is 34.5 Å². The van der Waals surface area contributed by atoms with Crippen LogP contribution in [0.25, 0.3) is 0 Å². The Hall–Kier alpha value is -3.02. The van der Waals surface area contributed by atoms with Crippen molar-refractivity contribution in [3.63, 3.8) is 0 Å². The van der Waals surface area contributed by atoms with Gasteiger partial charge in [0.25, 0.3) is 0 Å². The largest absolute Gasteiger partial charge is 0.508 e. The molecule has 0 fully saturated rings. The summed E-state index contributed by atoms with van der Waals surface area (Å²) in [5, 5.41) is 27.1. The van der Waals surface area contributed by atoms with Gasteiger partial charge in [0.1, 0.15) is 23.0 Å². The van der Waals surface area contributed by atoms with E-state index < -0.39 is 0 Å². The molecule has 2 aromatic carbocycles. The number of hydrogen-bond acceptors (Lipinski definition) is 6. The van der Waals surface area contributed by atoms with Crippen molar-refractivity contribution < 1.29 is 29.6 Å². The monoisotopic (exact) mass is 360 g/mol. The molecule has 2 aromatic rings. The van der Waals surface area contributed by atoms with Crippen molar-refractivity contribution in [2.75, 3.05) is 6.61 Å². The fourth-order valence-corrected chi connectivity index (χ4v) is 2.06. The Morgan fingerprint density at radius 2 is 1.46 bits per heavy atom. The number of hydrogen-bond donors (Lipinski definition) is 3. The van der Waals surface area contributed by atoms with Crippen molar-refractivity contribution in [2.45, 2.75) is 32.6 Å². The lowest BCUT2D eigenvalue weighted by Gasteiger charge is -2.06. The standard InChI is InChI=1S/C13H18O3.C7H6O3/c1-2-3-4-5-8-16-12-7-6-11(10-14)13(15)9-12;8-4-5-1-2-6(9)3-7(5)10/h6-7,9-10,15H,2-5,8H2,1H3;1-4,9-10H. The number of phenols is 3. The van der Waals surface area contributed by atoms with E-state index in [4.69, 9.17) is 14.9 Å². The first-order valence-corrected chi connectivity index (χ1v) is 8.40. The van der Waals surface area contributed by atoms with Crippen LogP contribution in [0, 0.1) is 0 Å². The zero-order valence-corrected chi connectivity index (χ0v) is 14.7. The number of rotatable bonds is 8. The fourth-order valence-electron chi connectivity index (χ4n) is 2.06. The molecular weight excluding hydrogens is 336 g/mol.